The van der Waals surface area contributed by atoms with Crippen molar-refractivity contribution in [3.05, 3.63) is 58.1 Å². The van der Waals surface area contributed by atoms with E-state index in [-0.39, 0.29) is 5.91 Å². The largest absolute Gasteiger partial charge is 0.298 e. The number of hydrogen-bond acceptors (Lipinski definition) is 3. The summed E-state index contributed by atoms with van der Waals surface area (Å²) < 4.78 is 1.95. The molecule has 2 aromatic carbocycles. The number of hydrogen-bond donors (Lipinski definition) is 1. The van der Waals surface area contributed by atoms with Gasteiger partial charge in [0.05, 0.1) is 10.2 Å². The van der Waals surface area contributed by atoms with Crippen LogP contribution in [0.25, 0.3) is 10.2 Å². The first-order valence-corrected chi connectivity index (χ1v) is 7.67. The fourth-order valence-electron chi connectivity index (χ4n) is 1.93. The number of carbonyl (C=O) groups is 1. The Kier molecular flexibility index (Phi) is 3.54. The number of halogens is 1. The van der Waals surface area contributed by atoms with Crippen molar-refractivity contribution in [2.24, 2.45) is 0 Å². The molecule has 3 nitrogen and oxygen atoms in total. The third kappa shape index (κ3) is 2.59. The zero-order valence-corrected chi connectivity index (χ0v) is 13.1. The van der Waals surface area contributed by atoms with Crippen molar-refractivity contribution >= 4 is 48.5 Å². The second kappa shape index (κ2) is 5.34. The molecule has 3 rings (SSSR count). The predicted molar refractivity (Wildman–Crippen MR) is 86.5 cm³/mol. The van der Waals surface area contributed by atoms with E-state index < -0.39 is 0 Å². The fourth-order valence-corrected chi connectivity index (χ4v) is 3.15. The van der Waals surface area contributed by atoms with Crippen LogP contribution in [0.2, 0.25) is 0 Å². The number of fused-ring (bicyclic) bond motifs is 1. The van der Waals surface area contributed by atoms with Crippen LogP contribution < -0.4 is 5.32 Å². The van der Waals surface area contributed by atoms with Gasteiger partial charge in [0, 0.05) is 10.0 Å². The molecule has 1 N–H and O–H groups in total. The first-order chi connectivity index (χ1) is 9.63. The zero-order chi connectivity index (χ0) is 14.1. The van der Waals surface area contributed by atoms with Gasteiger partial charge in [-0.2, -0.15) is 0 Å². The van der Waals surface area contributed by atoms with E-state index in [0.717, 1.165) is 20.3 Å². The molecule has 100 valence electrons. The average Bonchev–Trinajstić information content (AvgIpc) is 2.83. The lowest BCUT2D eigenvalue weighted by Crippen LogP contribution is -2.13. The first-order valence-electron chi connectivity index (χ1n) is 6.06. The molecule has 0 aliphatic rings. The molecule has 0 radical (unpaired) electrons. The molecule has 0 bridgehead atoms. The van der Waals surface area contributed by atoms with Crippen LogP contribution in [0, 0.1) is 6.92 Å². The molecule has 0 saturated carbocycles. The molecule has 1 heterocycles. The maximum absolute atomic E-state index is 12.3. The average molecular weight is 347 g/mol. The number of thiazole rings is 1. The minimum absolute atomic E-state index is 0.136. The van der Waals surface area contributed by atoms with Crippen LogP contribution in [0.4, 0.5) is 5.13 Å². The van der Waals surface area contributed by atoms with Crippen molar-refractivity contribution in [2.75, 3.05) is 5.32 Å². The third-order valence-electron chi connectivity index (χ3n) is 2.96. The van der Waals surface area contributed by atoms with E-state index in [0.29, 0.717) is 10.7 Å². The molecule has 1 aromatic heterocycles. The number of rotatable bonds is 2. The number of nitrogens with zero attached hydrogens (tertiary/aromatic N) is 1. The summed E-state index contributed by atoms with van der Waals surface area (Å²) >= 11 is 4.86. The van der Waals surface area contributed by atoms with Crippen molar-refractivity contribution in [3.63, 3.8) is 0 Å². The van der Waals surface area contributed by atoms with Crippen LogP contribution >= 0.6 is 27.3 Å². The molecule has 3 aromatic rings. The molecule has 0 atom stereocenters. The Labute approximate surface area is 128 Å². The van der Waals surface area contributed by atoms with Gasteiger partial charge in [-0.25, -0.2) is 4.98 Å². The van der Waals surface area contributed by atoms with Crippen molar-refractivity contribution in [2.45, 2.75) is 6.92 Å². The summed E-state index contributed by atoms with van der Waals surface area (Å²) in [6.45, 7) is 1.92. The molecule has 0 saturated heterocycles. The number of aryl methyl sites for hydroxylation is 1. The van der Waals surface area contributed by atoms with Crippen LogP contribution in [0.15, 0.2) is 46.9 Å². The van der Waals surface area contributed by atoms with Crippen molar-refractivity contribution in [1.82, 2.24) is 4.98 Å². The Morgan fingerprint density at radius 1 is 1.25 bits per heavy atom. The summed E-state index contributed by atoms with van der Waals surface area (Å²) in [6.07, 6.45) is 0. The maximum Gasteiger partial charge on any atom is 0.257 e. The predicted octanol–water partition coefficient (Wildman–Crippen LogP) is 4.62. The van der Waals surface area contributed by atoms with E-state index in [1.165, 1.54) is 11.3 Å². The number of anilines is 1. The second-order valence-electron chi connectivity index (χ2n) is 4.40. The lowest BCUT2D eigenvalue weighted by molar-refractivity contribution is 0.102. The van der Waals surface area contributed by atoms with Gasteiger partial charge in [-0.05, 0) is 36.8 Å². The molecule has 0 aliphatic heterocycles. The number of carbonyl (C=O) groups excluding carboxylic acids is 1. The highest BCUT2D eigenvalue weighted by Crippen LogP contribution is 2.26. The normalized spacial score (nSPS) is 10.7. The fraction of sp³-hybridized carbons (Fsp3) is 0.0667. The Bertz CT molecular complexity index is 764. The molecular formula is C15H11BrN2OS. The number of benzene rings is 2. The minimum atomic E-state index is -0.136. The smallest absolute Gasteiger partial charge is 0.257 e. The topological polar surface area (TPSA) is 42.0 Å². The molecular weight excluding hydrogens is 336 g/mol. The van der Waals surface area contributed by atoms with E-state index in [1.807, 2.05) is 49.4 Å². The van der Waals surface area contributed by atoms with Gasteiger partial charge in [-0.3, -0.25) is 10.1 Å². The van der Waals surface area contributed by atoms with Gasteiger partial charge in [-0.15, -0.1) is 0 Å². The van der Waals surface area contributed by atoms with E-state index in [2.05, 4.69) is 26.2 Å². The standard InChI is InChI=1S/C15H11BrN2OS/c1-9-6-7-10(16)8-11(9)14(19)18-15-17-12-4-2-3-5-13(12)20-15/h2-8H,1H3,(H,17,18,19). The summed E-state index contributed by atoms with van der Waals surface area (Å²) in [4.78, 5) is 16.7. The number of aromatic nitrogens is 1. The third-order valence-corrected chi connectivity index (χ3v) is 4.40. The van der Waals surface area contributed by atoms with Gasteiger partial charge in [0.15, 0.2) is 5.13 Å². The van der Waals surface area contributed by atoms with Crippen LogP contribution in [0.5, 0.6) is 0 Å². The Morgan fingerprint density at radius 3 is 2.85 bits per heavy atom. The first kappa shape index (κ1) is 13.3. The van der Waals surface area contributed by atoms with Crippen LogP contribution in [-0.2, 0) is 0 Å². The van der Waals surface area contributed by atoms with Crippen molar-refractivity contribution in [1.29, 1.82) is 0 Å². The summed E-state index contributed by atoms with van der Waals surface area (Å²) in [5.74, 6) is -0.136. The molecule has 0 spiro atoms. The highest BCUT2D eigenvalue weighted by atomic mass is 79.9. The summed E-state index contributed by atoms with van der Waals surface area (Å²) in [6, 6.07) is 13.5. The minimum Gasteiger partial charge on any atom is -0.298 e. The van der Waals surface area contributed by atoms with E-state index in [4.69, 9.17) is 0 Å². The lowest BCUT2D eigenvalue weighted by Gasteiger charge is -2.05. The van der Waals surface area contributed by atoms with Crippen LogP contribution in [0.3, 0.4) is 0 Å². The van der Waals surface area contributed by atoms with Crippen molar-refractivity contribution in [3.8, 4) is 0 Å². The summed E-state index contributed by atoms with van der Waals surface area (Å²) in [7, 11) is 0. The second-order valence-corrected chi connectivity index (χ2v) is 6.35. The number of para-hydroxylation sites is 1. The van der Waals surface area contributed by atoms with Crippen LogP contribution in [-0.4, -0.2) is 10.9 Å². The monoisotopic (exact) mass is 346 g/mol. The van der Waals surface area contributed by atoms with Gasteiger partial charge in [0.1, 0.15) is 0 Å². The van der Waals surface area contributed by atoms with E-state index >= 15 is 0 Å². The SMILES string of the molecule is Cc1ccc(Br)cc1C(=O)Nc1nc2ccccc2s1. The van der Waals surface area contributed by atoms with Crippen molar-refractivity contribution < 1.29 is 4.79 Å². The lowest BCUT2D eigenvalue weighted by atomic mass is 10.1. The Morgan fingerprint density at radius 2 is 2.05 bits per heavy atom. The number of amides is 1. The van der Waals surface area contributed by atoms with Gasteiger partial charge < -0.3 is 0 Å². The molecule has 20 heavy (non-hydrogen) atoms. The molecule has 0 fully saturated rings. The molecule has 0 unspecified atom stereocenters. The Balaban J connectivity index is 1.90. The molecule has 1 amide bonds. The Hall–Kier alpha value is -1.72. The van der Waals surface area contributed by atoms with Gasteiger partial charge >= 0.3 is 0 Å². The highest BCUT2D eigenvalue weighted by Gasteiger charge is 2.12. The van der Waals surface area contributed by atoms with E-state index in [1.54, 1.807) is 0 Å². The quantitative estimate of drug-likeness (QED) is 0.735. The van der Waals surface area contributed by atoms with Gasteiger partial charge in [-0.1, -0.05) is 45.5 Å². The maximum atomic E-state index is 12.3. The summed E-state index contributed by atoms with van der Waals surface area (Å²) in [5, 5.41) is 3.48. The van der Waals surface area contributed by atoms with Gasteiger partial charge in [0.2, 0.25) is 0 Å². The summed E-state index contributed by atoms with van der Waals surface area (Å²) in [5.41, 5.74) is 2.49. The highest BCUT2D eigenvalue weighted by molar-refractivity contribution is 9.10. The van der Waals surface area contributed by atoms with Gasteiger partial charge in [0.25, 0.3) is 5.91 Å². The molecule has 0 aliphatic carbocycles. The van der Waals surface area contributed by atoms with E-state index in [9.17, 15) is 4.79 Å². The number of nitrogens with one attached hydrogen (secondary N) is 1. The molecule has 5 heteroatoms. The zero-order valence-electron chi connectivity index (χ0n) is 10.7. The van der Waals surface area contributed by atoms with Crippen LogP contribution in [0.1, 0.15) is 15.9 Å².